The molecule has 0 aromatic heterocycles. The number of hydrogen-bond donors (Lipinski definition) is 1. The average molecular weight is 474 g/mol. The highest BCUT2D eigenvalue weighted by molar-refractivity contribution is 7.89. The van der Waals surface area contributed by atoms with Crippen LogP contribution in [0.15, 0.2) is 53.4 Å². The molecule has 176 valence electrons. The predicted octanol–water partition coefficient (Wildman–Crippen LogP) is 3.49. The van der Waals surface area contributed by atoms with Gasteiger partial charge in [-0.3, -0.25) is 9.59 Å². The van der Waals surface area contributed by atoms with E-state index in [0.717, 1.165) is 31.4 Å². The fourth-order valence-electron chi connectivity index (χ4n) is 4.41. The third-order valence-corrected chi connectivity index (χ3v) is 8.14. The Morgan fingerprint density at radius 3 is 2.33 bits per heavy atom. The molecule has 2 heterocycles. The van der Waals surface area contributed by atoms with Crippen LogP contribution in [0, 0.1) is 11.7 Å². The summed E-state index contributed by atoms with van der Waals surface area (Å²) in [6, 6.07) is 11.6. The van der Waals surface area contributed by atoms with Gasteiger partial charge in [-0.1, -0.05) is 12.1 Å². The Hall–Kier alpha value is -2.78. The number of para-hydroxylation sites is 1. The van der Waals surface area contributed by atoms with Crippen LogP contribution in [0.5, 0.6) is 0 Å². The van der Waals surface area contributed by atoms with Crippen LogP contribution in [0.25, 0.3) is 0 Å². The van der Waals surface area contributed by atoms with Crippen molar-refractivity contribution in [1.82, 2.24) is 9.21 Å². The number of anilines is 1. The van der Waals surface area contributed by atoms with E-state index in [2.05, 4.69) is 5.32 Å². The van der Waals surface area contributed by atoms with Crippen molar-refractivity contribution in [2.24, 2.45) is 5.92 Å². The van der Waals surface area contributed by atoms with Crippen molar-refractivity contribution in [1.29, 1.82) is 0 Å². The van der Waals surface area contributed by atoms with Crippen LogP contribution >= 0.6 is 0 Å². The van der Waals surface area contributed by atoms with E-state index in [1.807, 2.05) is 4.90 Å². The van der Waals surface area contributed by atoms with Crippen molar-refractivity contribution in [2.75, 3.05) is 31.5 Å². The van der Waals surface area contributed by atoms with Gasteiger partial charge in [0, 0.05) is 26.2 Å². The fraction of sp³-hybridized carbons (Fsp3) is 0.417. The molecule has 9 heteroatoms. The Balaban J connectivity index is 1.47. The van der Waals surface area contributed by atoms with Crippen LogP contribution in [0.2, 0.25) is 0 Å². The summed E-state index contributed by atoms with van der Waals surface area (Å²) in [6.45, 7) is 1.75. The zero-order chi connectivity index (χ0) is 23.4. The summed E-state index contributed by atoms with van der Waals surface area (Å²) >= 11 is 0. The number of hydrogen-bond acceptors (Lipinski definition) is 4. The van der Waals surface area contributed by atoms with E-state index in [4.69, 9.17) is 0 Å². The minimum atomic E-state index is -3.83. The molecule has 0 bridgehead atoms. The molecule has 2 amide bonds. The maximum Gasteiger partial charge on any atom is 0.255 e. The molecule has 0 spiro atoms. The van der Waals surface area contributed by atoms with Gasteiger partial charge in [0.25, 0.3) is 5.91 Å². The Bertz CT molecular complexity index is 1110. The number of carbonyl (C=O) groups excluding carboxylic acids is 2. The molecule has 4 rings (SSSR count). The quantitative estimate of drug-likeness (QED) is 0.720. The summed E-state index contributed by atoms with van der Waals surface area (Å²) in [5, 5.41) is 2.86. The van der Waals surface area contributed by atoms with Crippen LogP contribution in [0.3, 0.4) is 0 Å². The smallest absolute Gasteiger partial charge is 0.255 e. The predicted molar refractivity (Wildman–Crippen MR) is 123 cm³/mol. The lowest BCUT2D eigenvalue weighted by Gasteiger charge is -2.31. The highest BCUT2D eigenvalue weighted by atomic mass is 32.2. The number of likely N-dealkylation sites (tertiary alicyclic amines) is 1. The molecule has 2 aliphatic rings. The van der Waals surface area contributed by atoms with Crippen LogP contribution in [-0.4, -0.2) is 55.6 Å². The molecule has 2 fully saturated rings. The van der Waals surface area contributed by atoms with Gasteiger partial charge >= 0.3 is 0 Å². The zero-order valence-electron chi connectivity index (χ0n) is 18.4. The van der Waals surface area contributed by atoms with Crippen molar-refractivity contribution < 1.29 is 22.4 Å². The van der Waals surface area contributed by atoms with E-state index >= 15 is 0 Å². The van der Waals surface area contributed by atoms with Crippen LogP contribution in [0.1, 0.15) is 42.5 Å². The first-order valence-corrected chi connectivity index (χ1v) is 12.7. The Labute approximate surface area is 193 Å². The summed E-state index contributed by atoms with van der Waals surface area (Å²) in [5.41, 5.74) is 0.885. The Morgan fingerprint density at radius 1 is 0.909 bits per heavy atom. The number of sulfonamides is 1. The highest BCUT2D eigenvalue weighted by Crippen LogP contribution is 2.26. The number of nitrogens with zero attached hydrogens (tertiary/aromatic N) is 2. The van der Waals surface area contributed by atoms with Crippen LogP contribution < -0.4 is 5.32 Å². The molecular weight excluding hydrogens is 445 g/mol. The van der Waals surface area contributed by atoms with E-state index in [1.165, 1.54) is 16.4 Å². The first kappa shape index (κ1) is 23.4. The van der Waals surface area contributed by atoms with Gasteiger partial charge in [-0.15, -0.1) is 0 Å². The van der Waals surface area contributed by atoms with Crippen molar-refractivity contribution in [3.05, 3.63) is 59.9 Å². The van der Waals surface area contributed by atoms with Crippen molar-refractivity contribution in [2.45, 2.75) is 37.0 Å². The van der Waals surface area contributed by atoms with Gasteiger partial charge in [-0.05, 0) is 68.5 Å². The van der Waals surface area contributed by atoms with E-state index < -0.39 is 21.8 Å². The second-order valence-electron chi connectivity index (χ2n) is 8.54. The van der Waals surface area contributed by atoms with Crippen molar-refractivity contribution in [3.63, 3.8) is 0 Å². The maximum absolute atomic E-state index is 13.2. The highest BCUT2D eigenvalue weighted by Gasteiger charge is 2.34. The second-order valence-corrected chi connectivity index (χ2v) is 10.5. The van der Waals surface area contributed by atoms with Crippen molar-refractivity contribution >= 4 is 27.5 Å². The lowest BCUT2D eigenvalue weighted by molar-refractivity contribution is -0.120. The number of nitrogens with one attached hydrogen (secondary N) is 1. The lowest BCUT2D eigenvalue weighted by atomic mass is 9.98. The monoisotopic (exact) mass is 473 g/mol. The summed E-state index contributed by atoms with van der Waals surface area (Å²) in [6.07, 6.45) is 4.14. The van der Waals surface area contributed by atoms with Gasteiger partial charge in [0.1, 0.15) is 5.82 Å². The van der Waals surface area contributed by atoms with Gasteiger partial charge in [0.2, 0.25) is 15.9 Å². The number of amides is 2. The van der Waals surface area contributed by atoms with Gasteiger partial charge in [0.15, 0.2) is 0 Å². The molecule has 2 saturated heterocycles. The number of benzene rings is 2. The summed E-state index contributed by atoms with van der Waals surface area (Å²) in [7, 11) is -3.83. The number of carbonyl (C=O) groups is 2. The molecule has 7 nitrogen and oxygen atoms in total. The van der Waals surface area contributed by atoms with Crippen LogP contribution in [0.4, 0.5) is 10.1 Å². The standard InChI is InChI=1S/C24H28FN3O4S/c25-19-10-12-20(13-11-19)33(31,32)28-16-6-7-18(17-28)23(29)26-22-9-3-2-8-21(22)24(30)27-14-4-1-5-15-27/h2-3,8-13,18H,1,4-7,14-17H2,(H,26,29)/t18-/m1/s1. The third-order valence-electron chi connectivity index (χ3n) is 6.26. The Morgan fingerprint density at radius 2 is 1.61 bits per heavy atom. The molecule has 0 unspecified atom stereocenters. The molecule has 33 heavy (non-hydrogen) atoms. The normalized spacial score (nSPS) is 19.8. The molecule has 2 aromatic rings. The topological polar surface area (TPSA) is 86.8 Å². The molecule has 0 aliphatic carbocycles. The molecule has 2 aliphatic heterocycles. The fourth-order valence-corrected chi connectivity index (χ4v) is 5.93. The Kier molecular flexibility index (Phi) is 7.09. The summed E-state index contributed by atoms with van der Waals surface area (Å²) < 4.78 is 40.4. The minimum Gasteiger partial charge on any atom is -0.339 e. The molecule has 0 saturated carbocycles. The van der Waals surface area contributed by atoms with Crippen molar-refractivity contribution in [3.8, 4) is 0 Å². The van der Waals surface area contributed by atoms with E-state index in [0.29, 0.717) is 43.7 Å². The number of rotatable bonds is 5. The van der Waals surface area contributed by atoms with E-state index in [9.17, 15) is 22.4 Å². The first-order valence-electron chi connectivity index (χ1n) is 11.3. The van der Waals surface area contributed by atoms with E-state index in [-0.39, 0.29) is 23.3 Å². The molecule has 1 atom stereocenters. The maximum atomic E-state index is 13.2. The van der Waals surface area contributed by atoms with E-state index in [1.54, 1.807) is 24.3 Å². The zero-order valence-corrected chi connectivity index (χ0v) is 19.2. The lowest BCUT2D eigenvalue weighted by Crippen LogP contribution is -2.43. The molecular formula is C24H28FN3O4S. The molecule has 2 aromatic carbocycles. The van der Waals surface area contributed by atoms with Crippen LogP contribution in [-0.2, 0) is 14.8 Å². The van der Waals surface area contributed by atoms with Gasteiger partial charge in [0.05, 0.1) is 22.1 Å². The molecule has 0 radical (unpaired) electrons. The number of halogens is 1. The third kappa shape index (κ3) is 5.25. The van der Waals surface area contributed by atoms with Gasteiger partial charge in [-0.25, -0.2) is 12.8 Å². The largest absolute Gasteiger partial charge is 0.339 e. The summed E-state index contributed by atoms with van der Waals surface area (Å²) in [4.78, 5) is 27.9. The first-order chi connectivity index (χ1) is 15.9. The summed E-state index contributed by atoms with van der Waals surface area (Å²) in [5.74, 6) is -1.47. The minimum absolute atomic E-state index is 0.00225. The average Bonchev–Trinajstić information content (AvgIpc) is 2.85. The second kappa shape index (κ2) is 10.0. The SMILES string of the molecule is O=C(Nc1ccccc1C(=O)N1CCCCC1)[C@@H]1CCCN(S(=O)(=O)c2ccc(F)cc2)C1. The van der Waals surface area contributed by atoms with Gasteiger partial charge < -0.3 is 10.2 Å². The van der Waals surface area contributed by atoms with Gasteiger partial charge in [-0.2, -0.15) is 4.31 Å². The number of piperidine rings is 2. The molecule has 1 N–H and O–H groups in total.